The molecule has 0 aliphatic heterocycles. The van der Waals surface area contributed by atoms with Gasteiger partial charge >= 0.3 is 5.97 Å². The van der Waals surface area contributed by atoms with Crippen LogP contribution in [0.1, 0.15) is 52.7 Å². The molecular formula is C22H37N7O6. The maximum Gasteiger partial charge on any atom is 0.326 e. The predicted molar refractivity (Wildman–Crippen MR) is 126 cm³/mol. The quantitative estimate of drug-likeness (QED) is 0.156. The van der Waals surface area contributed by atoms with Crippen LogP contribution >= 0.6 is 0 Å². The maximum atomic E-state index is 13.2. The summed E-state index contributed by atoms with van der Waals surface area (Å²) in [4.78, 5) is 68.0. The molecule has 4 amide bonds. The summed E-state index contributed by atoms with van der Waals surface area (Å²) in [6, 6.07) is -4.57. The number of nitrogens with zero attached hydrogens (tertiary/aromatic N) is 1. The summed E-state index contributed by atoms with van der Waals surface area (Å²) in [7, 11) is 0. The van der Waals surface area contributed by atoms with Crippen molar-refractivity contribution >= 4 is 29.6 Å². The zero-order valence-corrected chi connectivity index (χ0v) is 20.5. The maximum absolute atomic E-state index is 13.2. The summed E-state index contributed by atoms with van der Waals surface area (Å²) in [6.07, 6.45) is 2.98. The average Bonchev–Trinajstić information content (AvgIpc) is 3.24. The third-order valence-electron chi connectivity index (χ3n) is 5.03. The van der Waals surface area contributed by atoms with E-state index in [1.807, 2.05) is 27.7 Å². The average molecular weight is 496 g/mol. The third-order valence-corrected chi connectivity index (χ3v) is 5.03. The highest BCUT2D eigenvalue weighted by atomic mass is 16.4. The zero-order chi connectivity index (χ0) is 26.7. The van der Waals surface area contributed by atoms with Crippen LogP contribution in [0.2, 0.25) is 0 Å². The molecule has 196 valence electrons. The number of imidazole rings is 1. The second-order valence-electron chi connectivity index (χ2n) is 9.34. The van der Waals surface area contributed by atoms with Crippen LogP contribution in [-0.2, 0) is 30.4 Å². The van der Waals surface area contributed by atoms with Crippen molar-refractivity contribution in [3.63, 3.8) is 0 Å². The topological polar surface area (TPSA) is 222 Å². The summed E-state index contributed by atoms with van der Waals surface area (Å²) in [5, 5.41) is 16.8. The molecule has 1 aromatic rings. The molecule has 0 saturated carbocycles. The Morgan fingerprint density at radius 3 is 1.94 bits per heavy atom. The van der Waals surface area contributed by atoms with Gasteiger partial charge in [-0.15, -0.1) is 0 Å². The van der Waals surface area contributed by atoms with Crippen molar-refractivity contribution in [3.8, 4) is 0 Å². The van der Waals surface area contributed by atoms with Crippen LogP contribution in [0.5, 0.6) is 0 Å². The van der Waals surface area contributed by atoms with Crippen LogP contribution in [-0.4, -0.2) is 68.8 Å². The fourth-order valence-electron chi connectivity index (χ4n) is 3.37. The lowest BCUT2D eigenvalue weighted by atomic mass is 10.0. The molecule has 1 aromatic heterocycles. The molecule has 0 aromatic carbocycles. The van der Waals surface area contributed by atoms with E-state index in [9.17, 15) is 29.1 Å². The van der Waals surface area contributed by atoms with Crippen LogP contribution in [0.25, 0.3) is 0 Å². The summed E-state index contributed by atoms with van der Waals surface area (Å²) in [5.41, 5.74) is 11.6. The molecule has 0 aliphatic rings. The number of amides is 4. The first-order valence-electron chi connectivity index (χ1n) is 11.4. The minimum Gasteiger partial charge on any atom is -0.480 e. The molecule has 0 fully saturated rings. The van der Waals surface area contributed by atoms with Crippen molar-refractivity contribution in [1.29, 1.82) is 0 Å². The third kappa shape index (κ3) is 11.0. The van der Waals surface area contributed by atoms with Gasteiger partial charge in [-0.1, -0.05) is 27.7 Å². The van der Waals surface area contributed by atoms with Crippen LogP contribution in [0, 0.1) is 11.8 Å². The molecule has 1 rings (SSSR count). The number of carboxylic acids is 1. The number of aromatic nitrogens is 2. The number of carbonyl (C=O) groups excluding carboxylic acids is 4. The Kier molecular flexibility index (Phi) is 11.9. The lowest BCUT2D eigenvalue weighted by Crippen LogP contribution is -2.58. The largest absolute Gasteiger partial charge is 0.480 e. The number of rotatable bonds is 15. The van der Waals surface area contributed by atoms with E-state index in [1.165, 1.54) is 12.5 Å². The van der Waals surface area contributed by atoms with Gasteiger partial charge in [0.15, 0.2) is 0 Å². The van der Waals surface area contributed by atoms with Gasteiger partial charge in [-0.25, -0.2) is 9.78 Å². The fraction of sp³-hybridized carbons (Fsp3) is 0.636. The summed E-state index contributed by atoms with van der Waals surface area (Å²) >= 11 is 0. The first kappa shape index (κ1) is 29.6. The highest BCUT2D eigenvalue weighted by molar-refractivity contribution is 5.95. The number of carbonyl (C=O) groups is 5. The van der Waals surface area contributed by atoms with Gasteiger partial charge in [0.25, 0.3) is 0 Å². The van der Waals surface area contributed by atoms with E-state index in [2.05, 4.69) is 25.9 Å². The first-order chi connectivity index (χ1) is 16.3. The molecule has 0 bridgehead atoms. The summed E-state index contributed by atoms with van der Waals surface area (Å²) in [5.74, 6) is -4.19. The van der Waals surface area contributed by atoms with Crippen molar-refractivity contribution in [2.45, 2.75) is 77.5 Å². The van der Waals surface area contributed by atoms with Gasteiger partial charge in [0, 0.05) is 18.3 Å². The van der Waals surface area contributed by atoms with Crippen molar-refractivity contribution < 1.29 is 29.1 Å². The molecule has 13 nitrogen and oxygen atoms in total. The predicted octanol–water partition coefficient (Wildman–Crippen LogP) is -1.21. The van der Waals surface area contributed by atoms with E-state index in [0.29, 0.717) is 12.1 Å². The molecule has 4 atom stereocenters. The monoisotopic (exact) mass is 495 g/mol. The smallest absolute Gasteiger partial charge is 0.326 e. The Morgan fingerprint density at radius 2 is 1.46 bits per heavy atom. The number of nitrogens with two attached hydrogens (primary N) is 2. The Labute approximate surface area is 204 Å². The second-order valence-corrected chi connectivity index (χ2v) is 9.34. The number of nitrogens with one attached hydrogen (secondary N) is 4. The molecule has 4 unspecified atom stereocenters. The minimum absolute atomic E-state index is 0.0504. The Bertz CT molecular complexity index is 872. The minimum atomic E-state index is -1.54. The van der Waals surface area contributed by atoms with Crippen molar-refractivity contribution in [1.82, 2.24) is 25.9 Å². The van der Waals surface area contributed by atoms with Crippen molar-refractivity contribution in [3.05, 3.63) is 18.2 Å². The Hall–Kier alpha value is -3.48. The van der Waals surface area contributed by atoms with Gasteiger partial charge in [-0.05, 0) is 24.7 Å². The van der Waals surface area contributed by atoms with Gasteiger partial charge in [0.1, 0.15) is 18.1 Å². The molecular weight excluding hydrogens is 458 g/mol. The number of aromatic amines is 1. The number of hydrogen-bond donors (Lipinski definition) is 7. The lowest BCUT2D eigenvalue weighted by Gasteiger charge is -2.26. The number of H-pyrrole nitrogens is 1. The van der Waals surface area contributed by atoms with Crippen LogP contribution in [0.4, 0.5) is 0 Å². The SMILES string of the molecule is CC(C)CC(N)C(=O)NC(Cc1cnc[nH]1)C(=O)NC(CC(C)C)C(=O)NC(CC(N)=O)C(=O)O. The number of carboxylic acid groups (broad SMARTS) is 1. The normalized spacial score (nSPS) is 14.6. The standard InChI is InChI=1S/C22H37N7O6/c1-11(2)5-14(23)19(31)27-16(7-13-9-25-10-26-13)21(33)28-15(6-12(3)4)20(32)29-17(22(34)35)8-18(24)30/h9-12,14-17H,5-8,23H2,1-4H3,(H2,24,30)(H,25,26)(H,27,31)(H,28,33)(H,29,32)(H,34,35). The van der Waals surface area contributed by atoms with Gasteiger partial charge in [-0.3, -0.25) is 19.2 Å². The summed E-state index contributed by atoms with van der Waals surface area (Å²) in [6.45, 7) is 7.47. The highest BCUT2D eigenvalue weighted by Gasteiger charge is 2.31. The second kappa shape index (κ2) is 14.0. The molecule has 0 aliphatic carbocycles. The highest BCUT2D eigenvalue weighted by Crippen LogP contribution is 2.09. The van der Waals surface area contributed by atoms with E-state index >= 15 is 0 Å². The molecule has 13 heteroatoms. The fourth-order valence-corrected chi connectivity index (χ4v) is 3.37. The van der Waals surface area contributed by atoms with Gasteiger partial charge in [0.2, 0.25) is 23.6 Å². The lowest BCUT2D eigenvalue weighted by molar-refractivity contribution is -0.143. The van der Waals surface area contributed by atoms with E-state index in [1.54, 1.807) is 0 Å². The van der Waals surface area contributed by atoms with E-state index < -0.39 is 60.2 Å². The first-order valence-corrected chi connectivity index (χ1v) is 11.4. The summed E-state index contributed by atoms with van der Waals surface area (Å²) < 4.78 is 0. The van der Waals surface area contributed by atoms with Gasteiger partial charge in [0.05, 0.1) is 18.8 Å². The van der Waals surface area contributed by atoms with Crippen molar-refractivity contribution in [2.24, 2.45) is 23.3 Å². The molecule has 9 N–H and O–H groups in total. The number of aliphatic carboxylic acids is 1. The number of primary amides is 1. The van der Waals surface area contributed by atoms with Gasteiger partial charge in [-0.2, -0.15) is 0 Å². The van der Waals surface area contributed by atoms with Crippen LogP contribution < -0.4 is 27.4 Å². The molecule has 0 saturated heterocycles. The number of hydrogen-bond acceptors (Lipinski definition) is 7. The molecule has 1 heterocycles. The van der Waals surface area contributed by atoms with E-state index in [-0.39, 0.29) is 24.7 Å². The Balaban J connectivity index is 3.06. The van der Waals surface area contributed by atoms with Crippen LogP contribution in [0.15, 0.2) is 12.5 Å². The van der Waals surface area contributed by atoms with E-state index in [0.717, 1.165) is 0 Å². The van der Waals surface area contributed by atoms with Crippen LogP contribution in [0.3, 0.4) is 0 Å². The van der Waals surface area contributed by atoms with E-state index in [4.69, 9.17) is 11.5 Å². The molecule has 35 heavy (non-hydrogen) atoms. The Morgan fingerprint density at radius 1 is 0.914 bits per heavy atom. The molecule has 0 spiro atoms. The molecule has 0 radical (unpaired) electrons. The van der Waals surface area contributed by atoms with Crippen molar-refractivity contribution in [2.75, 3.05) is 0 Å². The zero-order valence-electron chi connectivity index (χ0n) is 20.5. The van der Waals surface area contributed by atoms with Gasteiger partial charge < -0.3 is 37.5 Å².